The topological polar surface area (TPSA) is 59.1 Å². The van der Waals surface area contributed by atoms with Gasteiger partial charge in [-0.15, -0.1) is 0 Å². The minimum atomic E-state index is -0.482. The average molecular weight is 553 g/mol. The van der Waals surface area contributed by atoms with E-state index >= 15 is 0 Å². The molecular weight excluding hydrogens is 529 g/mol. The fourth-order valence-electron chi connectivity index (χ4n) is 5.02. The number of urea groups is 1. The van der Waals surface area contributed by atoms with E-state index in [0.29, 0.717) is 21.5 Å². The number of rotatable bonds is 3. The summed E-state index contributed by atoms with van der Waals surface area (Å²) in [4.78, 5) is 34.3. The van der Waals surface area contributed by atoms with E-state index in [1.54, 1.807) is 30.1 Å². The molecule has 3 heterocycles. The lowest BCUT2D eigenvalue weighted by molar-refractivity contribution is -0.139. The third-order valence-corrected chi connectivity index (χ3v) is 7.70. The Morgan fingerprint density at radius 1 is 1.09 bits per heavy atom. The zero-order valence-corrected chi connectivity index (χ0v) is 21.3. The van der Waals surface area contributed by atoms with Crippen LogP contribution < -0.4 is 10.2 Å². The number of halogens is 3. The van der Waals surface area contributed by atoms with Crippen LogP contribution in [0.5, 0.6) is 0 Å². The number of likely N-dealkylation sites (N-methyl/N-ethyl adjacent to an activating group) is 1. The standard InChI is InChI=1S/C23H24BrCl2N5O2/c1-13-10-29(17-7-4-15(24)5-8-17)22-27-20-19(30(22)11-13)21(32)31(23(33)28(20)2)12-14-3-6-16(25)9-18(14)26/h3-9,13,19-20,22,27H,10-12H2,1-2H3. The number of nitrogens with zero attached hydrogens (tertiary/aromatic N) is 4. The SMILES string of the molecule is CC1CN(c2ccc(Br)cc2)C2NC3C(C(=O)N(Cc4ccc(Cl)cc4Cl)C(=O)N3C)N2C1. The highest BCUT2D eigenvalue weighted by Gasteiger charge is 2.56. The van der Waals surface area contributed by atoms with Gasteiger partial charge in [0.2, 0.25) is 0 Å². The lowest BCUT2D eigenvalue weighted by Crippen LogP contribution is -2.66. The monoisotopic (exact) mass is 551 g/mol. The van der Waals surface area contributed by atoms with Crippen molar-refractivity contribution in [2.75, 3.05) is 25.0 Å². The number of amides is 3. The number of fused-ring (bicyclic) bond motifs is 3. The van der Waals surface area contributed by atoms with Gasteiger partial charge in [-0.1, -0.05) is 52.1 Å². The van der Waals surface area contributed by atoms with Crippen molar-refractivity contribution in [1.82, 2.24) is 20.0 Å². The molecule has 3 saturated heterocycles. The summed E-state index contributed by atoms with van der Waals surface area (Å²) in [6.07, 6.45) is -0.592. The molecule has 3 aliphatic heterocycles. The molecule has 2 aromatic rings. The summed E-state index contributed by atoms with van der Waals surface area (Å²) in [7, 11) is 1.74. The van der Waals surface area contributed by atoms with E-state index in [9.17, 15) is 9.59 Å². The highest BCUT2D eigenvalue weighted by Crippen LogP contribution is 2.35. The fourth-order valence-corrected chi connectivity index (χ4v) is 5.75. The smallest absolute Gasteiger partial charge is 0.328 e. The summed E-state index contributed by atoms with van der Waals surface area (Å²) in [5.74, 6) is 0.134. The molecule has 10 heteroatoms. The summed E-state index contributed by atoms with van der Waals surface area (Å²) in [5, 5.41) is 4.49. The number of hydrogen-bond donors (Lipinski definition) is 1. The second kappa shape index (κ2) is 8.74. The normalized spacial score (nSPS) is 27.7. The highest BCUT2D eigenvalue weighted by atomic mass is 79.9. The van der Waals surface area contributed by atoms with Crippen molar-refractivity contribution in [3.8, 4) is 0 Å². The van der Waals surface area contributed by atoms with E-state index in [2.05, 4.69) is 50.1 Å². The summed E-state index contributed by atoms with van der Waals surface area (Å²) < 4.78 is 1.01. The van der Waals surface area contributed by atoms with Gasteiger partial charge < -0.3 is 9.80 Å². The van der Waals surface area contributed by atoms with Gasteiger partial charge in [-0.05, 0) is 47.9 Å². The van der Waals surface area contributed by atoms with Crippen LogP contribution in [0.3, 0.4) is 0 Å². The minimum Gasteiger partial charge on any atom is -0.343 e. The number of benzene rings is 2. The van der Waals surface area contributed by atoms with Crippen LogP contribution in [0.1, 0.15) is 12.5 Å². The molecule has 0 bridgehead atoms. The molecule has 0 aliphatic carbocycles. The van der Waals surface area contributed by atoms with Crippen LogP contribution in [-0.4, -0.2) is 65.3 Å². The van der Waals surface area contributed by atoms with Crippen molar-refractivity contribution in [2.45, 2.75) is 32.0 Å². The molecule has 4 unspecified atom stereocenters. The van der Waals surface area contributed by atoms with Crippen molar-refractivity contribution in [3.05, 3.63) is 62.5 Å². The second-order valence-electron chi connectivity index (χ2n) is 8.91. The maximum atomic E-state index is 13.7. The Labute approximate surface area is 211 Å². The van der Waals surface area contributed by atoms with E-state index < -0.39 is 12.2 Å². The van der Waals surface area contributed by atoms with Crippen LogP contribution in [0.25, 0.3) is 0 Å². The van der Waals surface area contributed by atoms with Crippen molar-refractivity contribution in [3.63, 3.8) is 0 Å². The van der Waals surface area contributed by atoms with Crippen LogP contribution in [0.4, 0.5) is 10.5 Å². The Balaban J connectivity index is 1.46. The first-order valence-electron chi connectivity index (χ1n) is 10.8. The Morgan fingerprint density at radius 3 is 2.52 bits per heavy atom. The first-order chi connectivity index (χ1) is 15.7. The molecule has 5 rings (SSSR count). The van der Waals surface area contributed by atoms with Crippen molar-refractivity contribution >= 4 is 56.8 Å². The summed E-state index contributed by atoms with van der Waals surface area (Å²) in [5.41, 5.74) is 1.75. The lowest BCUT2D eigenvalue weighted by Gasteiger charge is -2.46. The van der Waals surface area contributed by atoms with Crippen molar-refractivity contribution in [2.24, 2.45) is 5.92 Å². The van der Waals surface area contributed by atoms with Gasteiger partial charge in [-0.2, -0.15) is 0 Å². The van der Waals surface area contributed by atoms with Gasteiger partial charge in [0.1, 0.15) is 18.5 Å². The van der Waals surface area contributed by atoms with Gasteiger partial charge in [0.15, 0.2) is 0 Å². The average Bonchev–Trinajstić information content (AvgIpc) is 3.16. The number of carbonyl (C=O) groups is 2. The minimum absolute atomic E-state index is 0.103. The largest absolute Gasteiger partial charge is 0.343 e. The molecule has 7 nitrogen and oxygen atoms in total. The van der Waals surface area contributed by atoms with Gasteiger partial charge in [-0.3, -0.25) is 19.9 Å². The molecule has 0 radical (unpaired) electrons. The molecule has 0 saturated carbocycles. The van der Waals surface area contributed by atoms with Gasteiger partial charge in [0, 0.05) is 40.3 Å². The maximum absolute atomic E-state index is 13.7. The second-order valence-corrected chi connectivity index (χ2v) is 10.7. The first-order valence-corrected chi connectivity index (χ1v) is 12.4. The molecule has 4 atom stereocenters. The number of nitrogens with one attached hydrogen (secondary N) is 1. The predicted molar refractivity (Wildman–Crippen MR) is 132 cm³/mol. The summed E-state index contributed by atoms with van der Waals surface area (Å²) >= 11 is 15.9. The van der Waals surface area contributed by atoms with E-state index in [1.807, 2.05) is 12.1 Å². The summed E-state index contributed by atoms with van der Waals surface area (Å²) in [6, 6.07) is 12.4. The Hall–Kier alpha value is -1.84. The maximum Gasteiger partial charge on any atom is 0.328 e. The van der Waals surface area contributed by atoms with Crippen LogP contribution in [0.15, 0.2) is 46.9 Å². The van der Waals surface area contributed by atoms with Crippen molar-refractivity contribution < 1.29 is 9.59 Å². The van der Waals surface area contributed by atoms with E-state index in [4.69, 9.17) is 23.2 Å². The number of imide groups is 1. The predicted octanol–water partition coefficient (Wildman–Crippen LogP) is 4.19. The van der Waals surface area contributed by atoms with Crippen LogP contribution in [0, 0.1) is 5.92 Å². The fraction of sp³-hybridized carbons (Fsp3) is 0.391. The molecular formula is C23H24BrCl2N5O2. The van der Waals surface area contributed by atoms with E-state index in [0.717, 1.165) is 23.2 Å². The quantitative estimate of drug-likeness (QED) is 0.618. The van der Waals surface area contributed by atoms with Crippen LogP contribution >= 0.6 is 39.1 Å². The van der Waals surface area contributed by atoms with Crippen LogP contribution in [0.2, 0.25) is 10.0 Å². The third kappa shape index (κ3) is 4.02. The molecule has 3 fully saturated rings. The summed E-state index contributed by atoms with van der Waals surface area (Å²) in [6.45, 7) is 3.90. The van der Waals surface area contributed by atoms with Gasteiger partial charge >= 0.3 is 6.03 Å². The molecule has 33 heavy (non-hydrogen) atoms. The molecule has 1 N–H and O–H groups in total. The molecule has 174 valence electrons. The third-order valence-electron chi connectivity index (χ3n) is 6.59. The zero-order valence-electron chi connectivity index (χ0n) is 18.2. The zero-order chi connectivity index (χ0) is 23.4. The molecule has 3 amide bonds. The van der Waals surface area contributed by atoms with E-state index in [1.165, 1.54) is 4.90 Å². The Kier molecular flexibility index (Phi) is 6.07. The highest BCUT2D eigenvalue weighted by molar-refractivity contribution is 9.10. The van der Waals surface area contributed by atoms with E-state index in [-0.39, 0.29) is 24.8 Å². The molecule has 2 aromatic carbocycles. The van der Waals surface area contributed by atoms with Gasteiger partial charge in [0.05, 0.1) is 6.54 Å². The number of carbonyl (C=O) groups excluding carboxylic acids is 2. The van der Waals surface area contributed by atoms with Gasteiger partial charge in [0.25, 0.3) is 5.91 Å². The Bertz CT molecular complexity index is 1100. The Morgan fingerprint density at radius 2 is 1.82 bits per heavy atom. The lowest BCUT2D eigenvalue weighted by atomic mass is 10.0. The van der Waals surface area contributed by atoms with Gasteiger partial charge in [-0.25, -0.2) is 4.79 Å². The first kappa shape index (κ1) is 22.9. The van der Waals surface area contributed by atoms with Crippen molar-refractivity contribution in [1.29, 1.82) is 0 Å². The molecule has 0 aromatic heterocycles. The number of hydrogen-bond acceptors (Lipinski definition) is 5. The van der Waals surface area contributed by atoms with Crippen LogP contribution in [-0.2, 0) is 11.3 Å². The molecule has 0 spiro atoms. The molecule has 3 aliphatic rings. The number of anilines is 1.